The van der Waals surface area contributed by atoms with Crippen LogP contribution in [0.15, 0.2) is 54.6 Å². The van der Waals surface area contributed by atoms with Crippen LogP contribution in [0.3, 0.4) is 0 Å². The zero-order chi connectivity index (χ0) is 17.6. The van der Waals surface area contributed by atoms with Gasteiger partial charge in [0.2, 0.25) is 0 Å². The third-order valence-corrected chi connectivity index (χ3v) is 4.90. The number of carbonyl (C=O) groups excluding carboxylic acids is 1. The summed E-state index contributed by atoms with van der Waals surface area (Å²) in [4.78, 5) is 17.2. The molecule has 1 atom stereocenters. The van der Waals surface area contributed by atoms with E-state index >= 15 is 0 Å². The molecule has 0 aliphatic carbocycles. The van der Waals surface area contributed by atoms with Crippen LogP contribution >= 0.6 is 24.8 Å². The lowest BCUT2D eigenvalue weighted by Crippen LogP contribution is -2.36. The Morgan fingerprint density at radius 1 is 1.15 bits per heavy atom. The minimum absolute atomic E-state index is 0. The smallest absolute Gasteiger partial charge is 0.253 e. The number of benzene rings is 2. The molecule has 6 heteroatoms. The van der Waals surface area contributed by atoms with Gasteiger partial charge in [0, 0.05) is 37.4 Å². The van der Waals surface area contributed by atoms with Crippen LogP contribution in [0.4, 0.5) is 5.69 Å². The van der Waals surface area contributed by atoms with E-state index < -0.39 is 0 Å². The number of nitrogen functional groups attached to an aromatic ring is 1. The van der Waals surface area contributed by atoms with Gasteiger partial charge in [0.1, 0.15) is 0 Å². The first kappa shape index (κ1) is 23.3. The molecule has 1 aliphatic rings. The molecule has 2 aromatic rings. The van der Waals surface area contributed by atoms with Crippen molar-refractivity contribution in [3.8, 4) is 0 Å². The van der Waals surface area contributed by atoms with E-state index in [4.69, 9.17) is 5.73 Å². The Morgan fingerprint density at radius 2 is 1.89 bits per heavy atom. The van der Waals surface area contributed by atoms with Crippen LogP contribution in [0, 0.1) is 5.92 Å². The van der Waals surface area contributed by atoms with Gasteiger partial charge in [-0.05, 0) is 49.6 Å². The van der Waals surface area contributed by atoms with E-state index in [9.17, 15) is 4.79 Å². The minimum atomic E-state index is 0. The molecule has 1 saturated heterocycles. The molecular formula is C21H29Cl2N3O. The highest BCUT2D eigenvalue weighted by Gasteiger charge is 2.26. The normalized spacial score (nSPS) is 16.3. The maximum Gasteiger partial charge on any atom is 0.253 e. The molecule has 0 bridgehead atoms. The maximum absolute atomic E-state index is 12.7. The summed E-state index contributed by atoms with van der Waals surface area (Å²) in [6.45, 7) is 6.73. The number of anilines is 1. The Morgan fingerprint density at radius 3 is 2.56 bits per heavy atom. The molecule has 0 aromatic heterocycles. The monoisotopic (exact) mass is 409 g/mol. The highest BCUT2D eigenvalue weighted by molar-refractivity contribution is 5.95. The van der Waals surface area contributed by atoms with Crippen molar-refractivity contribution in [1.82, 2.24) is 9.80 Å². The fourth-order valence-corrected chi connectivity index (χ4v) is 3.57. The summed E-state index contributed by atoms with van der Waals surface area (Å²) in [5, 5.41) is 0. The van der Waals surface area contributed by atoms with Gasteiger partial charge in [-0.15, -0.1) is 24.8 Å². The molecule has 1 aliphatic heterocycles. The van der Waals surface area contributed by atoms with Crippen molar-refractivity contribution >= 4 is 36.4 Å². The fourth-order valence-electron chi connectivity index (χ4n) is 3.57. The van der Waals surface area contributed by atoms with Gasteiger partial charge in [0.25, 0.3) is 5.91 Å². The van der Waals surface area contributed by atoms with Crippen molar-refractivity contribution in [3.05, 3.63) is 65.7 Å². The summed E-state index contributed by atoms with van der Waals surface area (Å²) in [6.07, 6.45) is 1.15. The second-order valence-electron chi connectivity index (χ2n) is 6.84. The first-order valence-corrected chi connectivity index (χ1v) is 9.07. The van der Waals surface area contributed by atoms with Crippen LogP contribution in [-0.4, -0.2) is 41.9 Å². The summed E-state index contributed by atoms with van der Waals surface area (Å²) < 4.78 is 0. The molecule has 0 radical (unpaired) electrons. The predicted octanol–water partition coefficient (Wildman–Crippen LogP) is 4.10. The van der Waals surface area contributed by atoms with E-state index in [2.05, 4.69) is 35.2 Å². The summed E-state index contributed by atoms with van der Waals surface area (Å²) in [6, 6.07) is 17.8. The number of amides is 1. The standard InChI is InChI=1S/C21H27N3O.2ClH/c1-2-24(21(25)19-9-6-10-20(22)13-19)16-18-11-12-23(15-18)14-17-7-4-3-5-8-17;;/h3-10,13,18H,2,11-12,14-16,22H2,1H3;2*1H. The van der Waals surface area contributed by atoms with Crippen molar-refractivity contribution < 1.29 is 4.79 Å². The number of hydrogen-bond donors (Lipinski definition) is 1. The number of nitrogens with zero attached hydrogens (tertiary/aromatic N) is 2. The van der Waals surface area contributed by atoms with E-state index in [1.165, 1.54) is 5.56 Å². The van der Waals surface area contributed by atoms with Crippen molar-refractivity contribution in [2.75, 3.05) is 31.9 Å². The van der Waals surface area contributed by atoms with Crippen LogP contribution in [0.25, 0.3) is 0 Å². The molecule has 4 nitrogen and oxygen atoms in total. The molecule has 0 saturated carbocycles. The molecule has 1 amide bonds. The third kappa shape index (κ3) is 6.42. The Balaban J connectivity index is 0.00000182. The summed E-state index contributed by atoms with van der Waals surface area (Å²) in [7, 11) is 0. The minimum Gasteiger partial charge on any atom is -0.399 e. The number of carbonyl (C=O) groups is 1. The molecule has 1 unspecified atom stereocenters. The molecular weight excluding hydrogens is 381 g/mol. The topological polar surface area (TPSA) is 49.6 Å². The second-order valence-corrected chi connectivity index (χ2v) is 6.84. The Labute approximate surface area is 174 Å². The largest absolute Gasteiger partial charge is 0.399 e. The van der Waals surface area contributed by atoms with E-state index in [1.807, 2.05) is 30.0 Å². The van der Waals surface area contributed by atoms with Crippen molar-refractivity contribution in [3.63, 3.8) is 0 Å². The Bertz CT molecular complexity index is 712. The van der Waals surface area contributed by atoms with E-state index in [1.54, 1.807) is 6.07 Å². The summed E-state index contributed by atoms with van der Waals surface area (Å²) in [5.74, 6) is 0.616. The third-order valence-electron chi connectivity index (χ3n) is 4.90. The van der Waals surface area contributed by atoms with Crippen molar-refractivity contribution in [2.24, 2.45) is 5.92 Å². The SMILES string of the molecule is CCN(CC1CCN(Cc2ccccc2)C1)C(=O)c1cccc(N)c1.Cl.Cl. The van der Waals surface area contributed by atoms with Gasteiger partial charge in [-0.2, -0.15) is 0 Å². The molecule has 27 heavy (non-hydrogen) atoms. The number of halogens is 2. The average molecular weight is 410 g/mol. The number of rotatable bonds is 6. The lowest BCUT2D eigenvalue weighted by Gasteiger charge is -2.25. The molecule has 0 spiro atoms. The highest BCUT2D eigenvalue weighted by atomic mass is 35.5. The molecule has 3 rings (SSSR count). The Kier molecular flexibility index (Phi) is 9.64. The molecule has 2 aromatic carbocycles. The van der Waals surface area contributed by atoms with Gasteiger partial charge in [0.05, 0.1) is 0 Å². The second kappa shape index (κ2) is 11.2. The molecule has 2 N–H and O–H groups in total. The zero-order valence-corrected chi connectivity index (χ0v) is 17.3. The van der Waals surface area contributed by atoms with E-state index in [0.29, 0.717) is 17.2 Å². The first-order valence-electron chi connectivity index (χ1n) is 9.07. The van der Waals surface area contributed by atoms with E-state index in [-0.39, 0.29) is 30.7 Å². The van der Waals surface area contributed by atoms with Gasteiger partial charge in [0.15, 0.2) is 0 Å². The average Bonchev–Trinajstić information content (AvgIpc) is 3.07. The number of hydrogen-bond acceptors (Lipinski definition) is 3. The lowest BCUT2D eigenvalue weighted by molar-refractivity contribution is 0.0739. The molecule has 148 valence electrons. The van der Waals surface area contributed by atoms with Gasteiger partial charge < -0.3 is 10.6 Å². The summed E-state index contributed by atoms with van der Waals surface area (Å²) in [5.41, 5.74) is 8.49. The number of nitrogens with two attached hydrogens (primary N) is 1. The quantitative estimate of drug-likeness (QED) is 0.730. The van der Waals surface area contributed by atoms with Crippen LogP contribution in [-0.2, 0) is 6.54 Å². The van der Waals surface area contributed by atoms with Gasteiger partial charge in [-0.25, -0.2) is 0 Å². The molecule has 1 heterocycles. The van der Waals surface area contributed by atoms with Crippen LogP contribution in [0.5, 0.6) is 0 Å². The summed E-state index contributed by atoms with van der Waals surface area (Å²) >= 11 is 0. The predicted molar refractivity (Wildman–Crippen MR) is 117 cm³/mol. The van der Waals surface area contributed by atoms with Crippen molar-refractivity contribution in [2.45, 2.75) is 19.9 Å². The fraction of sp³-hybridized carbons (Fsp3) is 0.381. The van der Waals surface area contributed by atoms with Crippen LogP contribution < -0.4 is 5.73 Å². The van der Waals surface area contributed by atoms with Gasteiger partial charge in [-0.1, -0.05) is 36.4 Å². The highest BCUT2D eigenvalue weighted by Crippen LogP contribution is 2.21. The maximum atomic E-state index is 12.7. The molecule has 1 fully saturated rings. The van der Waals surface area contributed by atoms with Gasteiger partial charge in [-0.3, -0.25) is 9.69 Å². The van der Waals surface area contributed by atoms with Crippen molar-refractivity contribution in [1.29, 1.82) is 0 Å². The van der Waals surface area contributed by atoms with Gasteiger partial charge >= 0.3 is 0 Å². The van der Waals surface area contributed by atoms with E-state index in [0.717, 1.165) is 39.1 Å². The first-order chi connectivity index (χ1) is 12.2. The van der Waals surface area contributed by atoms with Crippen LogP contribution in [0.1, 0.15) is 29.3 Å². The van der Waals surface area contributed by atoms with Crippen LogP contribution in [0.2, 0.25) is 0 Å². The lowest BCUT2D eigenvalue weighted by atomic mass is 10.1. The zero-order valence-electron chi connectivity index (χ0n) is 15.7. The number of likely N-dealkylation sites (tertiary alicyclic amines) is 1. The Hall–Kier alpha value is -1.75.